The van der Waals surface area contributed by atoms with Crippen LogP contribution in [0.25, 0.3) is 33.4 Å². The summed E-state index contributed by atoms with van der Waals surface area (Å²) in [5.41, 5.74) is 2.69. The van der Waals surface area contributed by atoms with Crippen LogP contribution in [0, 0.1) is 0 Å². The number of carboxylic acid groups (broad SMARTS) is 2. The number of aromatic hydroxyl groups is 1. The predicted molar refractivity (Wildman–Crippen MR) is 148 cm³/mol. The van der Waals surface area contributed by atoms with Crippen LogP contribution in [0.4, 0.5) is 11.4 Å². The van der Waals surface area contributed by atoms with Crippen LogP contribution < -0.4 is 15.6 Å². The second kappa shape index (κ2) is 10.3. The Morgan fingerprint density at radius 2 is 1.55 bits per heavy atom. The van der Waals surface area contributed by atoms with Gasteiger partial charge in [0.1, 0.15) is 23.6 Å². The van der Waals surface area contributed by atoms with E-state index in [1.807, 2.05) is 18.0 Å². The van der Waals surface area contributed by atoms with Crippen LogP contribution in [0.3, 0.4) is 0 Å². The fraction of sp³-hybridized carbons (Fsp3) is 0.0667. The molecule has 10 nitrogen and oxygen atoms in total. The van der Waals surface area contributed by atoms with E-state index in [1.165, 1.54) is 30.3 Å². The van der Waals surface area contributed by atoms with Crippen LogP contribution in [0.1, 0.15) is 20.7 Å². The Kier molecular flexibility index (Phi) is 6.66. The zero-order valence-corrected chi connectivity index (χ0v) is 21.0. The molecule has 1 heterocycles. The maximum Gasteiger partial charge on any atom is 0.336 e. The van der Waals surface area contributed by atoms with E-state index in [9.17, 15) is 29.4 Å². The first-order chi connectivity index (χ1) is 19.1. The molecule has 0 unspecified atom stereocenters. The minimum absolute atomic E-state index is 0.0173. The van der Waals surface area contributed by atoms with E-state index in [4.69, 9.17) is 9.52 Å². The molecule has 200 valence electrons. The molecule has 2 aliphatic rings. The van der Waals surface area contributed by atoms with Gasteiger partial charge < -0.3 is 30.0 Å². The van der Waals surface area contributed by atoms with Crippen molar-refractivity contribution in [1.29, 1.82) is 0 Å². The lowest BCUT2D eigenvalue weighted by atomic mass is 9.89. The van der Waals surface area contributed by atoms with E-state index in [0.29, 0.717) is 22.1 Å². The minimum Gasteiger partial charge on any atom is -0.508 e. The third-order valence-corrected chi connectivity index (χ3v) is 6.48. The smallest absolute Gasteiger partial charge is 0.336 e. The van der Waals surface area contributed by atoms with Crippen LogP contribution in [0.2, 0.25) is 0 Å². The van der Waals surface area contributed by atoms with E-state index in [-0.39, 0.29) is 33.6 Å². The van der Waals surface area contributed by atoms with Crippen LogP contribution in [-0.2, 0) is 4.79 Å². The first kappa shape index (κ1) is 26.0. The molecule has 10 heteroatoms. The number of nitrogens with zero attached hydrogens (tertiary/aromatic N) is 1. The highest BCUT2D eigenvalue weighted by Gasteiger charge is 2.23. The fourth-order valence-electron chi connectivity index (χ4n) is 4.52. The number of carbonyl (C=O) groups is 3. The SMILES string of the molecule is CN(c1ccc(O)cc1)c1ccc2c(-c3ccc(C(=O)NCC(=O)O)cc3C(=O)O)c3ccc(=O)cc-3oc2c1. The number of carbonyl (C=O) groups excluding carboxylic acids is 1. The number of anilines is 2. The van der Waals surface area contributed by atoms with Gasteiger partial charge in [0.05, 0.1) is 5.56 Å². The molecule has 5 rings (SSSR count). The Hall–Kier alpha value is -5.64. The summed E-state index contributed by atoms with van der Waals surface area (Å²) in [6.07, 6.45) is 0. The van der Waals surface area contributed by atoms with Gasteiger partial charge in [-0.2, -0.15) is 0 Å². The Labute approximate surface area is 226 Å². The number of benzene rings is 4. The molecule has 3 aromatic carbocycles. The van der Waals surface area contributed by atoms with Gasteiger partial charge in [0.25, 0.3) is 5.91 Å². The first-order valence-electron chi connectivity index (χ1n) is 12.0. The van der Waals surface area contributed by atoms with Gasteiger partial charge in [0.2, 0.25) is 0 Å². The highest BCUT2D eigenvalue weighted by atomic mass is 16.4. The topological polar surface area (TPSA) is 157 Å². The minimum atomic E-state index is -1.30. The number of phenolic OH excluding ortho intramolecular Hbond substituents is 1. The van der Waals surface area contributed by atoms with Crippen LogP contribution in [-0.4, -0.2) is 46.8 Å². The second-order valence-corrected chi connectivity index (χ2v) is 9.03. The lowest BCUT2D eigenvalue weighted by molar-refractivity contribution is -0.135. The Bertz CT molecular complexity index is 1820. The number of rotatable bonds is 7. The van der Waals surface area contributed by atoms with E-state index >= 15 is 0 Å². The molecule has 40 heavy (non-hydrogen) atoms. The molecule has 0 aromatic heterocycles. The molecule has 0 atom stereocenters. The molecular formula is C30H22N2O8. The molecule has 1 aliphatic heterocycles. The summed E-state index contributed by atoms with van der Waals surface area (Å²) in [7, 11) is 1.84. The summed E-state index contributed by atoms with van der Waals surface area (Å²) < 4.78 is 6.12. The zero-order valence-electron chi connectivity index (χ0n) is 21.0. The zero-order chi connectivity index (χ0) is 28.6. The molecule has 0 bridgehead atoms. The average Bonchev–Trinajstić information content (AvgIpc) is 2.94. The summed E-state index contributed by atoms with van der Waals surface area (Å²) in [5.74, 6) is -2.88. The maximum atomic E-state index is 12.4. The molecule has 1 aliphatic carbocycles. The number of phenols is 1. The number of aliphatic carboxylic acids is 1. The Morgan fingerprint density at radius 3 is 2.25 bits per heavy atom. The largest absolute Gasteiger partial charge is 0.508 e. The van der Waals surface area contributed by atoms with Gasteiger partial charge in [-0.05, 0) is 66.2 Å². The highest BCUT2D eigenvalue weighted by Crippen LogP contribution is 2.42. The van der Waals surface area contributed by atoms with Gasteiger partial charge in [0.15, 0.2) is 5.43 Å². The third kappa shape index (κ3) is 4.93. The van der Waals surface area contributed by atoms with Crippen LogP contribution >= 0.6 is 0 Å². The molecule has 1 amide bonds. The molecule has 3 aromatic rings. The van der Waals surface area contributed by atoms with E-state index in [1.54, 1.807) is 42.5 Å². The predicted octanol–water partition coefficient (Wildman–Crippen LogP) is 4.55. The third-order valence-electron chi connectivity index (χ3n) is 6.48. The molecule has 0 saturated carbocycles. The second-order valence-electron chi connectivity index (χ2n) is 9.03. The van der Waals surface area contributed by atoms with Gasteiger partial charge >= 0.3 is 11.9 Å². The number of hydrogen-bond donors (Lipinski definition) is 4. The molecule has 4 N–H and O–H groups in total. The van der Waals surface area contributed by atoms with Gasteiger partial charge in [-0.3, -0.25) is 14.4 Å². The van der Waals surface area contributed by atoms with Gasteiger partial charge in [0, 0.05) is 52.6 Å². The summed E-state index contributed by atoms with van der Waals surface area (Å²) in [5, 5.41) is 31.3. The maximum absolute atomic E-state index is 12.4. The number of carboxylic acids is 2. The standard InChI is InChI=1S/C30H22N2O8/c1-32(17-3-6-19(33)7-4-17)18-5-10-22-25(13-18)40-26-14-20(34)8-11-23(26)28(22)21-9-2-16(12-24(21)30(38)39)29(37)31-15-27(35)36/h2-14,33H,15H2,1H3,(H,31,37)(H,35,36)(H,38,39). The summed E-state index contributed by atoms with van der Waals surface area (Å²) in [4.78, 5) is 49.7. The number of fused-ring (bicyclic) bond motifs is 2. The Morgan fingerprint density at radius 1 is 0.850 bits per heavy atom. The number of hydrogen-bond acceptors (Lipinski definition) is 7. The van der Waals surface area contributed by atoms with Crippen molar-refractivity contribution >= 4 is 40.2 Å². The molecule has 0 saturated heterocycles. The van der Waals surface area contributed by atoms with Crippen LogP contribution in [0.5, 0.6) is 5.75 Å². The van der Waals surface area contributed by atoms with Crippen molar-refractivity contribution in [2.45, 2.75) is 0 Å². The van der Waals surface area contributed by atoms with Crippen molar-refractivity contribution in [3.8, 4) is 28.2 Å². The number of nitrogens with one attached hydrogen (secondary N) is 1. The van der Waals surface area contributed by atoms with E-state index in [0.717, 1.165) is 11.4 Å². The van der Waals surface area contributed by atoms with Gasteiger partial charge in [-0.25, -0.2) is 4.79 Å². The summed E-state index contributed by atoms with van der Waals surface area (Å²) in [6.45, 7) is -0.614. The molecule has 0 radical (unpaired) electrons. The summed E-state index contributed by atoms with van der Waals surface area (Å²) >= 11 is 0. The van der Waals surface area contributed by atoms with E-state index < -0.39 is 24.4 Å². The Balaban J connectivity index is 1.71. The van der Waals surface area contributed by atoms with Crippen molar-refractivity contribution in [3.63, 3.8) is 0 Å². The van der Waals surface area contributed by atoms with Gasteiger partial charge in [-0.1, -0.05) is 6.07 Å². The molecule has 0 spiro atoms. The lowest BCUT2D eigenvalue weighted by Crippen LogP contribution is -2.29. The van der Waals surface area contributed by atoms with Crippen molar-refractivity contribution in [2.75, 3.05) is 18.5 Å². The van der Waals surface area contributed by atoms with E-state index in [2.05, 4.69) is 5.32 Å². The normalized spacial score (nSPS) is 10.9. The quantitative estimate of drug-likeness (QED) is 0.218. The summed E-state index contributed by atoms with van der Waals surface area (Å²) in [6, 6.07) is 20.3. The average molecular weight is 539 g/mol. The molecular weight excluding hydrogens is 516 g/mol. The van der Waals surface area contributed by atoms with Crippen molar-refractivity contribution < 1.29 is 34.1 Å². The highest BCUT2D eigenvalue weighted by molar-refractivity contribution is 6.09. The van der Waals surface area contributed by atoms with Crippen molar-refractivity contribution in [3.05, 3.63) is 100 Å². The number of aromatic carboxylic acids is 1. The van der Waals surface area contributed by atoms with Gasteiger partial charge in [-0.15, -0.1) is 0 Å². The van der Waals surface area contributed by atoms with Crippen LogP contribution in [0.15, 0.2) is 88.1 Å². The van der Waals surface area contributed by atoms with Crippen molar-refractivity contribution in [2.24, 2.45) is 0 Å². The fourth-order valence-corrected chi connectivity index (χ4v) is 4.52. The van der Waals surface area contributed by atoms with Crippen molar-refractivity contribution in [1.82, 2.24) is 5.32 Å². The monoisotopic (exact) mass is 538 g/mol. The number of amides is 1. The first-order valence-corrected chi connectivity index (χ1v) is 12.0. The lowest BCUT2D eigenvalue weighted by Gasteiger charge is -2.21. The molecule has 0 fully saturated rings.